The molecule has 4 N–H and O–H groups in total. The topological polar surface area (TPSA) is 132 Å². The van der Waals surface area contributed by atoms with Crippen LogP contribution in [0, 0.1) is 0 Å². The Hall–Kier alpha value is -4.18. The first-order valence-corrected chi connectivity index (χ1v) is 10.9. The Bertz CT molecular complexity index is 1470. The minimum Gasteiger partial charge on any atom is -0.499 e. The second kappa shape index (κ2) is 8.40. The van der Waals surface area contributed by atoms with E-state index in [1.807, 2.05) is 48.5 Å². The molecule has 1 atom stereocenters. The average molecular weight is 462 g/mol. The number of rotatable bonds is 4. The number of aromatic hydroxyl groups is 1. The van der Waals surface area contributed by atoms with Gasteiger partial charge in [-0.25, -0.2) is 0 Å². The van der Waals surface area contributed by atoms with Gasteiger partial charge in [-0.05, 0) is 47.7 Å². The predicted molar refractivity (Wildman–Crippen MR) is 127 cm³/mol. The zero-order chi connectivity index (χ0) is 22.9. The van der Waals surface area contributed by atoms with Crippen LogP contribution in [0.2, 0.25) is 0 Å². The van der Waals surface area contributed by atoms with Gasteiger partial charge in [-0.1, -0.05) is 12.1 Å². The predicted octanol–water partition coefficient (Wildman–Crippen LogP) is 3.58. The Morgan fingerprint density at radius 2 is 1.91 bits per heavy atom. The van der Waals surface area contributed by atoms with Crippen LogP contribution in [0.3, 0.4) is 0 Å². The standard InChI is InChI=1S/C23H19N5O4S/c1-32-13-8-6-12(7-9-13)20-14(11-24-28-20)17-10-18(19-21(29)27-23(31)33-22(19)30)26-16-5-3-2-4-15(16)25-17/h2-9,11,17,25,30H,10H2,1H3,(H,24,28)(H,27,29,31). The minimum absolute atomic E-state index is 0.00223. The highest BCUT2D eigenvalue weighted by atomic mass is 32.1. The molecule has 2 aromatic heterocycles. The molecule has 0 spiro atoms. The summed E-state index contributed by atoms with van der Waals surface area (Å²) in [4.78, 5) is 30.5. The Balaban J connectivity index is 1.63. The molecule has 0 bridgehead atoms. The number of methoxy groups -OCH3 is 1. The lowest BCUT2D eigenvalue weighted by atomic mass is 9.96. The molecule has 0 fully saturated rings. The van der Waals surface area contributed by atoms with E-state index < -0.39 is 10.4 Å². The second-order valence-corrected chi connectivity index (χ2v) is 8.39. The van der Waals surface area contributed by atoms with Gasteiger partial charge >= 0.3 is 4.87 Å². The number of hydrogen-bond donors (Lipinski definition) is 4. The van der Waals surface area contributed by atoms with Gasteiger partial charge in [-0.3, -0.25) is 24.7 Å². The van der Waals surface area contributed by atoms with Crippen LogP contribution in [0.4, 0.5) is 11.4 Å². The summed E-state index contributed by atoms with van der Waals surface area (Å²) >= 11 is 0.570. The van der Waals surface area contributed by atoms with Crippen LogP contribution in [-0.2, 0) is 0 Å². The van der Waals surface area contributed by atoms with Crippen LogP contribution in [0.1, 0.15) is 23.6 Å². The lowest BCUT2D eigenvalue weighted by molar-refractivity contribution is 0.415. The Morgan fingerprint density at radius 3 is 2.67 bits per heavy atom. The first kappa shape index (κ1) is 20.7. The molecule has 33 heavy (non-hydrogen) atoms. The minimum atomic E-state index is -0.671. The molecule has 2 aromatic carbocycles. The highest BCUT2D eigenvalue weighted by Crippen LogP contribution is 2.38. The number of benzene rings is 2. The third-order valence-electron chi connectivity index (χ3n) is 5.44. The van der Waals surface area contributed by atoms with E-state index in [0.717, 1.165) is 28.3 Å². The molecule has 0 amide bonds. The van der Waals surface area contributed by atoms with E-state index in [0.29, 0.717) is 22.7 Å². The number of nitrogens with zero attached hydrogens (tertiary/aromatic N) is 2. The van der Waals surface area contributed by atoms with Gasteiger partial charge in [0, 0.05) is 17.5 Å². The number of aliphatic imine (C=N–C) groups is 1. The van der Waals surface area contributed by atoms with Crippen molar-refractivity contribution in [2.45, 2.75) is 12.5 Å². The van der Waals surface area contributed by atoms with Crippen molar-refractivity contribution < 1.29 is 9.84 Å². The lowest BCUT2D eigenvalue weighted by Crippen LogP contribution is -2.25. The van der Waals surface area contributed by atoms with Gasteiger partial charge in [-0.2, -0.15) is 5.10 Å². The Morgan fingerprint density at radius 1 is 1.12 bits per heavy atom. The van der Waals surface area contributed by atoms with Crippen molar-refractivity contribution in [2.75, 3.05) is 12.4 Å². The highest BCUT2D eigenvalue weighted by Gasteiger charge is 2.27. The molecule has 9 nitrogen and oxygen atoms in total. The number of nitrogens with one attached hydrogen (secondary N) is 3. The zero-order valence-corrected chi connectivity index (χ0v) is 18.3. The van der Waals surface area contributed by atoms with Crippen molar-refractivity contribution >= 4 is 28.4 Å². The molecule has 5 rings (SSSR count). The molecule has 0 radical (unpaired) electrons. The molecule has 1 aliphatic heterocycles. The maximum atomic E-state index is 12.6. The van der Waals surface area contributed by atoms with E-state index in [1.165, 1.54) is 0 Å². The van der Waals surface area contributed by atoms with Crippen LogP contribution in [0.5, 0.6) is 10.8 Å². The molecule has 10 heteroatoms. The quantitative estimate of drug-likeness (QED) is 0.367. The first-order chi connectivity index (χ1) is 16.0. The smallest absolute Gasteiger partial charge is 0.310 e. The van der Waals surface area contributed by atoms with E-state index >= 15 is 0 Å². The zero-order valence-electron chi connectivity index (χ0n) is 17.5. The van der Waals surface area contributed by atoms with Gasteiger partial charge in [0.2, 0.25) is 0 Å². The van der Waals surface area contributed by atoms with E-state index in [2.05, 4.69) is 25.5 Å². The fraction of sp³-hybridized carbons (Fsp3) is 0.130. The number of fused-ring (bicyclic) bond motifs is 1. The van der Waals surface area contributed by atoms with E-state index in [9.17, 15) is 14.7 Å². The lowest BCUT2D eigenvalue weighted by Gasteiger charge is -2.19. The maximum absolute atomic E-state index is 12.6. The molecule has 0 saturated heterocycles. The summed E-state index contributed by atoms with van der Waals surface area (Å²) in [5.41, 5.74) is 3.69. The normalized spacial score (nSPS) is 15.2. The first-order valence-electron chi connectivity index (χ1n) is 10.1. The summed E-state index contributed by atoms with van der Waals surface area (Å²) in [5.74, 6) is 0.744. The molecule has 1 aliphatic rings. The van der Waals surface area contributed by atoms with Gasteiger partial charge in [-0.15, -0.1) is 0 Å². The number of para-hydroxylation sites is 2. The molecule has 0 saturated carbocycles. The van der Waals surface area contributed by atoms with Crippen molar-refractivity contribution in [1.82, 2.24) is 15.2 Å². The molecule has 1 unspecified atom stereocenters. The van der Waals surface area contributed by atoms with Crippen LogP contribution in [-0.4, -0.2) is 33.1 Å². The van der Waals surface area contributed by atoms with E-state index in [-0.39, 0.29) is 23.1 Å². The molecule has 166 valence electrons. The Kier molecular flexibility index (Phi) is 5.27. The van der Waals surface area contributed by atoms with Gasteiger partial charge < -0.3 is 15.2 Å². The van der Waals surface area contributed by atoms with Crippen LogP contribution >= 0.6 is 11.3 Å². The van der Waals surface area contributed by atoms with Crippen molar-refractivity contribution in [3.8, 4) is 22.1 Å². The monoisotopic (exact) mass is 461 g/mol. The van der Waals surface area contributed by atoms with Gasteiger partial charge in [0.05, 0.1) is 42.1 Å². The number of aromatic nitrogens is 3. The van der Waals surface area contributed by atoms with Crippen LogP contribution in [0.15, 0.2) is 69.3 Å². The molecule has 3 heterocycles. The molecule has 0 aliphatic carbocycles. The summed E-state index contributed by atoms with van der Waals surface area (Å²) in [6.07, 6.45) is 2.01. The largest absolute Gasteiger partial charge is 0.499 e. The van der Waals surface area contributed by atoms with Crippen molar-refractivity contribution in [1.29, 1.82) is 0 Å². The summed E-state index contributed by atoms with van der Waals surface area (Å²) in [6.45, 7) is 0. The van der Waals surface area contributed by atoms with Crippen molar-refractivity contribution in [3.05, 3.63) is 85.9 Å². The number of aromatic amines is 2. The van der Waals surface area contributed by atoms with Gasteiger partial charge in [0.1, 0.15) is 11.3 Å². The SMILES string of the molecule is COc1ccc(-c2[nH]ncc2C2CC(c3c(O)sc(=O)[nH]c3=O)=Nc3ccccc3N2)cc1. The molecular formula is C23H19N5O4S. The average Bonchev–Trinajstić information content (AvgIpc) is 3.21. The number of H-pyrrole nitrogens is 2. The Labute approximate surface area is 191 Å². The third kappa shape index (κ3) is 3.92. The summed E-state index contributed by atoms with van der Waals surface area (Å²) < 4.78 is 5.25. The molecular weight excluding hydrogens is 442 g/mol. The maximum Gasteiger partial charge on any atom is 0.310 e. The van der Waals surface area contributed by atoms with Crippen LogP contribution in [0.25, 0.3) is 11.3 Å². The van der Waals surface area contributed by atoms with Gasteiger partial charge in [0.25, 0.3) is 5.56 Å². The summed E-state index contributed by atoms with van der Waals surface area (Å²) in [6, 6.07) is 14.7. The number of ether oxygens (including phenoxy) is 1. The van der Waals surface area contributed by atoms with E-state index in [1.54, 1.807) is 13.3 Å². The van der Waals surface area contributed by atoms with Crippen LogP contribution < -0.4 is 20.5 Å². The van der Waals surface area contributed by atoms with Crippen molar-refractivity contribution in [3.63, 3.8) is 0 Å². The summed E-state index contributed by atoms with van der Waals surface area (Å²) in [7, 11) is 1.61. The number of anilines is 1. The highest BCUT2D eigenvalue weighted by molar-refractivity contribution is 7.11. The number of hydrogen-bond acceptors (Lipinski definition) is 8. The van der Waals surface area contributed by atoms with E-state index in [4.69, 9.17) is 4.74 Å². The second-order valence-electron chi connectivity index (χ2n) is 7.43. The molecule has 4 aromatic rings. The van der Waals surface area contributed by atoms with Gasteiger partial charge in [0.15, 0.2) is 5.06 Å². The van der Waals surface area contributed by atoms with Crippen molar-refractivity contribution in [2.24, 2.45) is 4.99 Å². The summed E-state index contributed by atoms with van der Waals surface area (Å²) in [5, 5.41) is 20.9. The third-order valence-corrected chi connectivity index (χ3v) is 6.13. The fourth-order valence-electron chi connectivity index (χ4n) is 3.88. The fourth-order valence-corrected chi connectivity index (χ4v) is 4.51.